The second kappa shape index (κ2) is 7.79. The monoisotopic (exact) mass is 425 g/mol. The Labute approximate surface area is 150 Å². The molecule has 0 aromatic heterocycles. The van der Waals surface area contributed by atoms with Crippen molar-refractivity contribution in [1.29, 1.82) is 5.26 Å². The van der Waals surface area contributed by atoms with Crippen LogP contribution < -0.4 is 5.32 Å². The number of anilines is 1. The number of amides is 1. The number of carbonyl (C=O) groups is 1. The number of carbonyl (C=O) groups excluding carboxylic acids is 1. The highest BCUT2D eigenvalue weighted by Gasteiger charge is 2.27. The molecule has 0 saturated carbocycles. The van der Waals surface area contributed by atoms with Crippen LogP contribution in [0.5, 0.6) is 0 Å². The van der Waals surface area contributed by atoms with Gasteiger partial charge >= 0.3 is 0 Å². The molecule has 1 amide bonds. The Morgan fingerprint density at radius 1 is 1.43 bits per heavy atom. The summed E-state index contributed by atoms with van der Waals surface area (Å²) in [4.78, 5) is 14.2. The summed E-state index contributed by atoms with van der Waals surface area (Å²) in [6.07, 6.45) is 1.45. The molecule has 1 aliphatic heterocycles. The van der Waals surface area contributed by atoms with Crippen LogP contribution in [0.2, 0.25) is 0 Å². The molecule has 1 aromatic rings. The molecular formula is C17H20IN3O2. The van der Waals surface area contributed by atoms with Crippen LogP contribution >= 0.6 is 22.6 Å². The molecule has 1 N–H and O–H groups in total. The number of nitrogens with zero attached hydrogens (tertiary/aromatic N) is 2. The van der Waals surface area contributed by atoms with Gasteiger partial charge in [-0.2, -0.15) is 5.26 Å². The lowest BCUT2D eigenvalue weighted by atomic mass is 10.2. The fraction of sp³-hybridized carbons (Fsp3) is 0.412. The van der Waals surface area contributed by atoms with Gasteiger partial charge in [-0.15, -0.1) is 0 Å². The number of nitriles is 1. The Morgan fingerprint density at radius 2 is 2.09 bits per heavy atom. The summed E-state index contributed by atoms with van der Waals surface area (Å²) >= 11 is 2.25. The van der Waals surface area contributed by atoms with Gasteiger partial charge in [-0.25, -0.2) is 0 Å². The van der Waals surface area contributed by atoms with Crippen molar-refractivity contribution in [1.82, 2.24) is 4.90 Å². The minimum atomic E-state index is -0.259. The fourth-order valence-corrected chi connectivity index (χ4v) is 3.24. The van der Waals surface area contributed by atoms with E-state index in [1.54, 1.807) is 4.90 Å². The van der Waals surface area contributed by atoms with E-state index >= 15 is 0 Å². The molecule has 1 saturated heterocycles. The van der Waals surface area contributed by atoms with E-state index in [2.05, 4.69) is 27.9 Å². The maximum atomic E-state index is 12.5. The van der Waals surface area contributed by atoms with Crippen LogP contribution in [0.3, 0.4) is 0 Å². The normalized spacial score (nSPS) is 21.7. The van der Waals surface area contributed by atoms with Gasteiger partial charge in [0.1, 0.15) is 11.6 Å². The zero-order valence-corrected chi connectivity index (χ0v) is 15.6. The molecule has 5 nitrogen and oxygen atoms in total. The van der Waals surface area contributed by atoms with Crippen molar-refractivity contribution in [2.45, 2.75) is 33.0 Å². The second-order valence-corrected chi connectivity index (χ2v) is 6.99. The Morgan fingerprint density at radius 3 is 2.65 bits per heavy atom. The predicted octanol–water partition coefficient (Wildman–Crippen LogP) is 3.05. The van der Waals surface area contributed by atoms with Crippen LogP contribution in [0.15, 0.2) is 30.0 Å². The van der Waals surface area contributed by atoms with Crippen molar-refractivity contribution >= 4 is 34.2 Å². The lowest BCUT2D eigenvalue weighted by Crippen LogP contribution is -2.48. The fourth-order valence-electron chi connectivity index (χ4n) is 2.59. The molecule has 1 aliphatic rings. The molecule has 0 aliphatic carbocycles. The molecule has 0 bridgehead atoms. The van der Waals surface area contributed by atoms with E-state index in [1.807, 2.05) is 45.0 Å². The average Bonchev–Trinajstić information content (AvgIpc) is 2.48. The number of morpholine rings is 1. The minimum absolute atomic E-state index is 0.0194. The average molecular weight is 425 g/mol. The van der Waals surface area contributed by atoms with E-state index in [4.69, 9.17) is 4.74 Å². The summed E-state index contributed by atoms with van der Waals surface area (Å²) in [5, 5.41) is 12.4. The number of rotatable bonds is 3. The highest BCUT2D eigenvalue weighted by Crippen LogP contribution is 2.19. The standard InChI is InChI=1S/C17H20IN3O2/c1-11-6-15(18)4-5-16(11)20-8-14(7-19)17(22)21-9-12(2)23-13(3)10-21/h4-6,8,12-13,20H,9-10H2,1-3H3/b14-8-. The molecule has 23 heavy (non-hydrogen) atoms. The third-order valence-electron chi connectivity index (χ3n) is 3.62. The van der Waals surface area contributed by atoms with Crippen LogP contribution in [-0.2, 0) is 9.53 Å². The van der Waals surface area contributed by atoms with Crippen LogP contribution in [0.25, 0.3) is 0 Å². The second-order valence-electron chi connectivity index (χ2n) is 5.74. The number of halogens is 1. The van der Waals surface area contributed by atoms with Gasteiger partial charge in [0.25, 0.3) is 5.91 Å². The van der Waals surface area contributed by atoms with Gasteiger partial charge in [0.15, 0.2) is 0 Å². The number of benzene rings is 1. The first-order valence-corrected chi connectivity index (χ1v) is 8.56. The van der Waals surface area contributed by atoms with Crippen LogP contribution in [0.1, 0.15) is 19.4 Å². The molecule has 2 atom stereocenters. The number of hydrogen-bond acceptors (Lipinski definition) is 4. The van der Waals surface area contributed by atoms with E-state index in [9.17, 15) is 10.1 Å². The Bertz CT molecular complexity index is 656. The highest BCUT2D eigenvalue weighted by atomic mass is 127. The quantitative estimate of drug-likeness (QED) is 0.460. The summed E-state index contributed by atoms with van der Waals surface area (Å²) in [6.45, 7) is 6.85. The van der Waals surface area contributed by atoms with Crippen molar-refractivity contribution < 1.29 is 9.53 Å². The van der Waals surface area contributed by atoms with Gasteiger partial charge in [-0.1, -0.05) is 0 Å². The smallest absolute Gasteiger partial charge is 0.266 e. The SMILES string of the molecule is Cc1cc(I)ccc1N/C=C(/C#N)C(=O)N1CC(C)OC(C)C1. The Kier molecular flexibility index (Phi) is 6.02. The Balaban J connectivity index is 2.12. The number of aryl methyl sites for hydroxylation is 1. The lowest BCUT2D eigenvalue weighted by Gasteiger charge is -2.35. The van der Waals surface area contributed by atoms with E-state index in [-0.39, 0.29) is 23.7 Å². The molecule has 1 fully saturated rings. The van der Waals surface area contributed by atoms with Gasteiger partial charge in [-0.05, 0) is 67.1 Å². The summed E-state index contributed by atoms with van der Waals surface area (Å²) in [6, 6.07) is 7.94. The van der Waals surface area contributed by atoms with Gasteiger partial charge in [-0.3, -0.25) is 4.79 Å². The van der Waals surface area contributed by atoms with Crippen LogP contribution in [-0.4, -0.2) is 36.1 Å². The van der Waals surface area contributed by atoms with Gasteiger partial charge in [0, 0.05) is 28.5 Å². The minimum Gasteiger partial charge on any atom is -0.372 e. The summed E-state index contributed by atoms with van der Waals surface area (Å²) in [7, 11) is 0. The molecular weight excluding hydrogens is 405 g/mol. The maximum absolute atomic E-state index is 12.5. The van der Waals surface area contributed by atoms with E-state index in [1.165, 1.54) is 6.20 Å². The summed E-state index contributed by atoms with van der Waals surface area (Å²) in [5.41, 5.74) is 2.05. The maximum Gasteiger partial charge on any atom is 0.266 e. The van der Waals surface area contributed by atoms with E-state index < -0.39 is 0 Å². The van der Waals surface area contributed by atoms with Gasteiger partial charge < -0.3 is 15.0 Å². The van der Waals surface area contributed by atoms with E-state index in [0.717, 1.165) is 14.8 Å². The van der Waals surface area contributed by atoms with Gasteiger partial charge in [0.05, 0.1) is 12.2 Å². The first-order valence-electron chi connectivity index (χ1n) is 7.48. The predicted molar refractivity (Wildman–Crippen MR) is 97.8 cm³/mol. The largest absolute Gasteiger partial charge is 0.372 e. The molecule has 0 spiro atoms. The van der Waals surface area contributed by atoms with Crippen molar-refractivity contribution in [2.24, 2.45) is 0 Å². The number of ether oxygens (including phenoxy) is 1. The third-order valence-corrected chi connectivity index (χ3v) is 4.29. The van der Waals surface area contributed by atoms with Crippen molar-refractivity contribution in [2.75, 3.05) is 18.4 Å². The molecule has 1 heterocycles. The molecule has 2 unspecified atom stereocenters. The molecule has 1 aromatic carbocycles. The molecule has 2 rings (SSSR count). The Hall–Kier alpha value is -1.59. The first kappa shape index (κ1) is 17.8. The number of hydrogen-bond donors (Lipinski definition) is 1. The van der Waals surface area contributed by atoms with Gasteiger partial charge in [0.2, 0.25) is 0 Å². The van der Waals surface area contributed by atoms with Crippen LogP contribution in [0.4, 0.5) is 5.69 Å². The van der Waals surface area contributed by atoms with Crippen LogP contribution in [0, 0.1) is 21.8 Å². The van der Waals surface area contributed by atoms with E-state index in [0.29, 0.717) is 13.1 Å². The first-order chi connectivity index (χ1) is 10.9. The summed E-state index contributed by atoms with van der Waals surface area (Å²) in [5.74, 6) is -0.259. The topological polar surface area (TPSA) is 65.4 Å². The molecule has 122 valence electrons. The van der Waals surface area contributed by atoms with Crippen molar-refractivity contribution in [3.8, 4) is 6.07 Å². The summed E-state index contributed by atoms with van der Waals surface area (Å²) < 4.78 is 6.76. The zero-order chi connectivity index (χ0) is 17.0. The van der Waals surface area contributed by atoms with Crippen molar-refractivity contribution in [3.63, 3.8) is 0 Å². The van der Waals surface area contributed by atoms with Crippen molar-refractivity contribution in [3.05, 3.63) is 39.1 Å². The lowest BCUT2D eigenvalue weighted by molar-refractivity contribution is -0.138. The number of nitrogens with one attached hydrogen (secondary N) is 1. The zero-order valence-electron chi connectivity index (χ0n) is 13.5. The highest BCUT2D eigenvalue weighted by molar-refractivity contribution is 14.1. The molecule has 0 radical (unpaired) electrons. The molecule has 6 heteroatoms. The third kappa shape index (κ3) is 4.69.